The first-order valence-electron chi connectivity index (χ1n) is 7.77. The van der Waals surface area contributed by atoms with Crippen LogP contribution in [0.2, 0.25) is 0 Å². The van der Waals surface area contributed by atoms with Gasteiger partial charge < -0.3 is 0 Å². The molecule has 0 spiro atoms. The predicted molar refractivity (Wildman–Crippen MR) is 104 cm³/mol. The maximum Gasteiger partial charge on any atom is 0.273 e. The zero-order valence-corrected chi connectivity index (χ0v) is 14.8. The molecule has 1 amide bonds. The lowest BCUT2D eigenvalue weighted by atomic mass is 10.1. The number of hydrazine groups is 1. The summed E-state index contributed by atoms with van der Waals surface area (Å²) in [7, 11) is 0. The van der Waals surface area contributed by atoms with Crippen molar-refractivity contribution in [3.05, 3.63) is 82.8 Å². The van der Waals surface area contributed by atoms with Gasteiger partial charge in [-0.1, -0.05) is 58.4 Å². The topological polar surface area (TPSA) is 59.2 Å². The molecule has 2 N–H and O–H groups in total. The zero-order chi connectivity index (χ0) is 17.4. The molecule has 4 rings (SSSR count). The summed E-state index contributed by atoms with van der Waals surface area (Å²) in [6.45, 7) is 0. The highest BCUT2D eigenvalue weighted by molar-refractivity contribution is 9.10. The van der Waals surface area contributed by atoms with Crippen molar-refractivity contribution in [1.29, 1.82) is 0 Å². The summed E-state index contributed by atoms with van der Waals surface area (Å²) in [6, 6.07) is 22.6. The number of rotatable bonds is 2. The number of benzene rings is 3. The number of nitrogens with zero attached hydrogens (tertiary/aromatic N) is 2. The number of anilines is 1. The Morgan fingerprint density at radius 3 is 2.32 bits per heavy atom. The van der Waals surface area contributed by atoms with Gasteiger partial charge in [0.05, 0.1) is 5.52 Å². The number of halogens is 1. The standard InChI is InChI=1S/C20H14BrN3O/c21-14-10-11-18-17(12-14)15-8-4-5-9-16(15)19(23-18)24(22)20(25)13-6-2-1-3-7-13/h1-12H,22H2. The molecule has 4 aromatic rings. The Morgan fingerprint density at radius 1 is 0.880 bits per heavy atom. The molecule has 5 heteroatoms. The fourth-order valence-electron chi connectivity index (χ4n) is 2.91. The third kappa shape index (κ3) is 2.77. The molecule has 0 unspecified atom stereocenters. The molecule has 0 bridgehead atoms. The predicted octanol–water partition coefficient (Wildman–Crippen LogP) is 4.67. The Kier molecular flexibility index (Phi) is 3.95. The SMILES string of the molecule is NN(C(=O)c1ccccc1)c1nc2ccc(Br)cc2c2ccccc12. The van der Waals surface area contributed by atoms with Crippen LogP contribution in [0.1, 0.15) is 10.4 Å². The quantitative estimate of drug-likeness (QED) is 0.233. The van der Waals surface area contributed by atoms with Crippen LogP contribution in [0.15, 0.2) is 77.3 Å². The van der Waals surface area contributed by atoms with Gasteiger partial charge in [-0.05, 0) is 35.7 Å². The summed E-state index contributed by atoms with van der Waals surface area (Å²) in [6.07, 6.45) is 0. The monoisotopic (exact) mass is 391 g/mol. The van der Waals surface area contributed by atoms with Gasteiger partial charge in [0, 0.05) is 20.8 Å². The fourth-order valence-corrected chi connectivity index (χ4v) is 3.27. The Hall–Kier alpha value is -2.76. The minimum Gasteiger partial charge on any atom is -0.267 e. The molecule has 0 saturated heterocycles. The van der Waals surface area contributed by atoms with E-state index in [1.165, 1.54) is 0 Å². The molecule has 25 heavy (non-hydrogen) atoms. The van der Waals surface area contributed by atoms with E-state index in [0.717, 1.165) is 31.2 Å². The molecule has 0 saturated carbocycles. The molecular formula is C20H14BrN3O. The third-order valence-corrected chi connectivity index (χ3v) is 4.60. The number of amides is 1. The molecule has 0 atom stereocenters. The smallest absolute Gasteiger partial charge is 0.267 e. The number of hydrogen-bond donors (Lipinski definition) is 1. The van der Waals surface area contributed by atoms with Crippen molar-refractivity contribution in [1.82, 2.24) is 4.98 Å². The van der Waals surface area contributed by atoms with Crippen molar-refractivity contribution < 1.29 is 4.79 Å². The van der Waals surface area contributed by atoms with Crippen molar-refractivity contribution in [3.8, 4) is 0 Å². The summed E-state index contributed by atoms with van der Waals surface area (Å²) >= 11 is 3.50. The lowest BCUT2D eigenvalue weighted by Gasteiger charge is -2.19. The Labute approximate surface area is 153 Å². The molecule has 0 fully saturated rings. The molecule has 1 heterocycles. The van der Waals surface area contributed by atoms with E-state index in [1.807, 2.05) is 60.7 Å². The summed E-state index contributed by atoms with van der Waals surface area (Å²) < 4.78 is 0.977. The largest absolute Gasteiger partial charge is 0.273 e. The van der Waals surface area contributed by atoms with Crippen LogP contribution >= 0.6 is 15.9 Å². The molecule has 0 aliphatic rings. The highest BCUT2D eigenvalue weighted by Crippen LogP contribution is 2.32. The molecule has 122 valence electrons. The Balaban J connectivity index is 1.94. The summed E-state index contributed by atoms with van der Waals surface area (Å²) in [5.41, 5.74) is 1.31. The molecule has 0 aliphatic heterocycles. The van der Waals surface area contributed by atoms with Crippen molar-refractivity contribution in [2.24, 2.45) is 5.84 Å². The molecule has 0 aliphatic carbocycles. The summed E-state index contributed by atoms with van der Waals surface area (Å²) in [4.78, 5) is 17.4. The average Bonchev–Trinajstić information content (AvgIpc) is 2.67. The average molecular weight is 392 g/mol. The summed E-state index contributed by atoms with van der Waals surface area (Å²) in [5.74, 6) is 6.32. The number of carbonyl (C=O) groups is 1. The van der Waals surface area contributed by atoms with Crippen LogP contribution in [0.5, 0.6) is 0 Å². The van der Waals surface area contributed by atoms with E-state index in [1.54, 1.807) is 12.1 Å². The number of carbonyl (C=O) groups excluding carboxylic acids is 1. The number of nitrogens with two attached hydrogens (primary N) is 1. The van der Waals surface area contributed by atoms with E-state index in [2.05, 4.69) is 20.9 Å². The minimum absolute atomic E-state index is 0.297. The van der Waals surface area contributed by atoms with Gasteiger partial charge in [0.2, 0.25) is 0 Å². The van der Waals surface area contributed by atoms with Crippen LogP contribution in [0.3, 0.4) is 0 Å². The van der Waals surface area contributed by atoms with Gasteiger partial charge in [0.15, 0.2) is 5.82 Å². The van der Waals surface area contributed by atoms with Crippen LogP contribution in [-0.4, -0.2) is 10.9 Å². The number of hydrogen-bond acceptors (Lipinski definition) is 3. The normalized spacial score (nSPS) is 11.0. The molecule has 4 nitrogen and oxygen atoms in total. The van der Waals surface area contributed by atoms with E-state index in [9.17, 15) is 4.79 Å². The lowest BCUT2D eigenvalue weighted by Crippen LogP contribution is -2.38. The van der Waals surface area contributed by atoms with Gasteiger partial charge in [0.1, 0.15) is 0 Å². The van der Waals surface area contributed by atoms with Gasteiger partial charge in [-0.3, -0.25) is 4.79 Å². The van der Waals surface area contributed by atoms with E-state index in [-0.39, 0.29) is 5.91 Å². The molecule has 0 radical (unpaired) electrons. The highest BCUT2D eigenvalue weighted by Gasteiger charge is 2.19. The molecular weight excluding hydrogens is 378 g/mol. The van der Waals surface area contributed by atoms with Gasteiger partial charge in [-0.25, -0.2) is 15.8 Å². The number of pyridine rings is 1. The summed E-state index contributed by atoms with van der Waals surface area (Å²) in [5, 5.41) is 3.97. The minimum atomic E-state index is -0.297. The van der Waals surface area contributed by atoms with Crippen LogP contribution in [0.4, 0.5) is 5.82 Å². The van der Waals surface area contributed by atoms with Crippen molar-refractivity contribution in [2.45, 2.75) is 0 Å². The van der Waals surface area contributed by atoms with E-state index >= 15 is 0 Å². The Bertz CT molecular complexity index is 1100. The van der Waals surface area contributed by atoms with Crippen molar-refractivity contribution in [3.63, 3.8) is 0 Å². The number of fused-ring (bicyclic) bond motifs is 3. The van der Waals surface area contributed by atoms with E-state index in [0.29, 0.717) is 11.4 Å². The molecule has 3 aromatic carbocycles. The van der Waals surface area contributed by atoms with Gasteiger partial charge in [0.25, 0.3) is 5.91 Å². The van der Waals surface area contributed by atoms with Crippen LogP contribution in [-0.2, 0) is 0 Å². The van der Waals surface area contributed by atoms with Crippen LogP contribution in [0.25, 0.3) is 21.7 Å². The van der Waals surface area contributed by atoms with Crippen LogP contribution < -0.4 is 10.9 Å². The van der Waals surface area contributed by atoms with Gasteiger partial charge in [-0.2, -0.15) is 0 Å². The van der Waals surface area contributed by atoms with Crippen molar-refractivity contribution in [2.75, 3.05) is 5.01 Å². The van der Waals surface area contributed by atoms with Gasteiger partial charge in [-0.15, -0.1) is 0 Å². The fraction of sp³-hybridized carbons (Fsp3) is 0. The second-order valence-electron chi connectivity index (χ2n) is 5.68. The second-order valence-corrected chi connectivity index (χ2v) is 6.60. The van der Waals surface area contributed by atoms with Crippen LogP contribution in [0, 0.1) is 0 Å². The zero-order valence-electron chi connectivity index (χ0n) is 13.2. The highest BCUT2D eigenvalue weighted by atomic mass is 79.9. The lowest BCUT2D eigenvalue weighted by molar-refractivity contribution is 0.0986. The maximum atomic E-state index is 12.7. The van der Waals surface area contributed by atoms with E-state index in [4.69, 9.17) is 5.84 Å². The van der Waals surface area contributed by atoms with Gasteiger partial charge >= 0.3 is 0 Å². The molecule has 1 aromatic heterocycles. The van der Waals surface area contributed by atoms with Crippen molar-refractivity contribution >= 4 is 49.3 Å². The second kappa shape index (κ2) is 6.27. The Morgan fingerprint density at radius 2 is 1.56 bits per heavy atom. The number of aromatic nitrogens is 1. The first-order valence-corrected chi connectivity index (χ1v) is 8.56. The first-order chi connectivity index (χ1) is 12.1. The third-order valence-electron chi connectivity index (χ3n) is 4.11. The van der Waals surface area contributed by atoms with E-state index < -0.39 is 0 Å². The maximum absolute atomic E-state index is 12.7. The first kappa shape index (κ1) is 15.7.